The topological polar surface area (TPSA) is 146 Å². The summed E-state index contributed by atoms with van der Waals surface area (Å²) in [7, 11) is 0. The fraction of sp³-hybridized carbons (Fsp3) is 0.821. The Balaban J connectivity index is -0.0000000365. The molecule has 2 rings (SSSR count). The first kappa shape index (κ1) is 46.4. The van der Waals surface area contributed by atoms with Gasteiger partial charge in [0.25, 0.3) is 0 Å². The van der Waals surface area contributed by atoms with E-state index in [4.69, 9.17) is 16.7 Å². The van der Waals surface area contributed by atoms with E-state index in [2.05, 4.69) is 21.3 Å². The Kier molecular flexibility index (Phi) is 43.5. The minimum absolute atomic E-state index is 0. The van der Waals surface area contributed by atoms with Gasteiger partial charge in [0.1, 0.15) is 6.61 Å². The minimum atomic E-state index is -0.560. The molecule has 10 heteroatoms. The van der Waals surface area contributed by atoms with Gasteiger partial charge in [0.05, 0.1) is 31.4 Å². The molecule has 0 spiro atoms. The van der Waals surface area contributed by atoms with Crippen LogP contribution in [0, 0.1) is 11.8 Å². The largest absolute Gasteiger partial charge is 0.460 e. The molecule has 3 N–H and O–H groups in total. The van der Waals surface area contributed by atoms with Crippen LogP contribution >= 0.6 is 22.6 Å². The Bertz CT molecular complexity index is 613. The monoisotopic (exact) mass is 673 g/mol. The van der Waals surface area contributed by atoms with Crippen LogP contribution in [0.15, 0.2) is 22.6 Å². The van der Waals surface area contributed by atoms with E-state index in [1.54, 1.807) is 12.2 Å². The molecule has 2 fully saturated rings. The standard InChI is InChI=1S/C15H22N2O2.C5H8O3.C3H8O2.CH3I.4CH4.6H2/c18-10-16-14-5-1-12(2-6-14)9-13-3-7-15(8-4-13)17-11-19;1-2-5(7)8-4-3-6;1-3(5)2-4;1-2;;;;;;;;;;/h12-15H,1-9H2;2,6H,1,3-4H2;3-5H,2H2,1H3;1H3;4*1H4;6*1H/i;;;1D;;;;;;;;;;. The number of halogens is 1. The minimum Gasteiger partial charge on any atom is -0.460 e. The Morgan fingerprint density at radius 1 is 1.03 bits per heavy atom. The lowest BCUT2D eigenvalue weighted by molar-refractivity contribution is -0.138. The molecule has 38 heavy (non-hydrogen) atoms. The number of nitrogens with zero attached hydrogens (tertiary/aromatic N) is 2. The van der Waals surface area contributed by atoms with Crippen LogP contribution in [0.3, 0.4) is 0 Å². The third kappa shape index (κ3) is 29.1. The van der Waals surface area contributed by atoms with E-state index in [-0.39, 0.29) is 70.2 Å². The number of rotatable bonds is 8. The zero-order valence-corrected chi connectivity index (χ0v) is 22.3. The quantitative estimate of drug-likeness (QED) is 0.0612. The van der Waals surface area contributed by atoms with Crippen molar-refractivity contribution in [1.82, 2.24) is 0 Å². The molecule has 240 valence electrons. The van der Waals surface area contributed by atoms with E-state index in [0.717, 1.165) is 43.6 Å². The van der Waals surface area contributed by atoms with Crippen molar-refractivity contribution in [1.29, 1.82) is 0 Å². The summed E-state index contributed by atoms with van der Waals surface area (Å²) in [6.07, 6.45) is 14.1. The third-order valence-electron chi connectivity index (χ3n) is 5.54. The highest BCUT2D eigenvalue weighted by molar-refractivity contribution is 14.1. The molecule has 0 aromatic carbocycles. The predicted octanol–water partition coefficient (Wildman–Crippen LogP) is 7.30. The second-order valence-electron chi connectivity index (χ2n) is 8.15. The summed E-state index contributed by atoms with van der Waals surface area (Å²) in [4.78, 5) is 38.7. The number of isocyanates is 2. The van der Waals surface area contributed by atoms with Gasteiger partial charge in [0.2, 0.25) is 12.2 Å². The maximum absolute atomic E-state index is 10.2. The first-order valence-electron chi connectivity index (χ1n) is 12.2. The number of esters is 1. The van der Waals surface area contributed by atoms with Crippen LogP contribution in [0.1, 0.15) is 104 Å². The highest BCUT2D eigenvalue weighted by Gasteiger charge is 2.26. The van der Waals surface area contributed by atoms with Crippen LogP contribution in [-0.2, 0) is 19.1 Å². The summed E-state index contributed by atoms with van der Waals surface area (Å²) in [6, 6.07) is 0.456. The molecule has 1 atom stereocenters. The van der Waals surface area contributed by atoms with Gasteiger partial charge in [-0.1, -0.05) is 58.9 Å². The molecule has 2 aliphatic carbocycles. The van der Waals surface area contributed by atoms with Crippen molar-refractivity contribution in [2.45, 2.75) is 113 Å². The van der Waals surface area contributed by atoms with Crippen molar-refractivity contribution >= 4 is 40.7 Å². The second kappa shape index (κ2) is 35.6. The zero-order chi connectivity index (χ0) is 26.9. The SMILES string of the molecule is C.C.C.C.C=CC(=O)OCCO.CC(O)CO.O=C=NC1CCC(CC2CCC(N=C=O)CC2)CC1.[2H]CI.[HH].[HH].[HH].[HH].[HH].[HH]. The molecule has 2 aliphatic rings. The number of aliphatic hydroxyl groups is 3. The number of hydrogen-bond donors (Lipinski definition) is 3. The fourth-order valence-corrected chi connectivity index (χ4v) is 3.84. The van der Waals surface area contributed by atoms with E-state index < -0.39 is 12.1 Å². The lowest BCUT2D eigenvalue weighted by Crippen LogP contribution is -2.23. The first-order chi connectivity index (χ1) is 16.8. The molecule has 0 aromatic rings. The molecular weight excluding hydrogens is 603 g/mol. The highest BCUT2D eigenvalue weighted by atomic mass is 127. The van der Waals surface area contributed by atoms with Crippen LogP contribution in [0.4, 0.5) is 0 Å². The Labute approximate surface area is 256 Å². The number of ether oxygens (including phenoxy) is 1. The van der Waals surface area contributed by atoms with Crippen molar-refractivity contribution in [2.24, 2.45) is 21.8 Å². The Hall–Kier alpha value is -1.42. The van der Waals surface area contributed by atoms with E-state index >= 15 is 0 Å². The van der Waals surface area contributed by atoms with Gasteiger partial charge in [-0.3, -0.25) is 0 Å². The number of aliphatic imine (C=N–C) groups is 2. The van der Waals surface area contributed by atoms with Gasteiger partial charge in [0.15, 0.2) is 0 Å². The summed E-state index contributed by atoms with van der Waals surface area (Å²) in [5, 5.41) is 24.1. The molecular formula is C28H69IN2O7. The van der Waals surface area contributed by atoms with Crippen LogP contribution in [0.5, 0.6) is 0 Å². The van der Waals surface area contributed by atoms with Crippen LogP contribution in [0.2, 0.25) is 0 Å². The van der Waals surface area contributed by atoms with Crippen LogP contribution in [-0.4, -0.2) is 76.4 Å². The summed E-state index contributed by atoms with van der Waals surface area (Å²) in [5.74, 6) is 1.10. The zero-order valence-electron chi connectivity index (χ0n) is 21.1. The van der Waals surface area contributed by atoms with Gasteiger partial charge in [0, 0.05) is 16.0 Å². The number of alkyl halides is 1. The Morgan fingerprint density at radius 2 is 1.37 bits per heavy atom. The second-order valence-corrected chi connectivity index (χ2v) is 8.15. The van der Waals surface area contributed by atoms with Gasteiger partial charge in [-0.15, -0.1) is 0 Å². The fourth-order valence-electron chi connectivity index (χ4n) is 3.84. The molecule has 2 saturated carbocycles. The summed E-state index contributed by atoms with van der Waals surface area (Å²) < 4.78 is 10.5. The summed E-state index contributed by atoms with van der Waals surface area (Å²) >= 11 is 1.96. The molecule has 0 aromatic heterocycles. The van der Waals surface area contributed by atoms with Crippen LogP contribution < -0.4 is 0 Å². The van der Waals surface area contributed by atoms with Crippen molar-refractivity contribution < 1.29 is 44.4 Å². The average Bonchev–Trinajstić information content (AvgIpc) is 2.86. The molecule has 9 nitrogen and oxygen atoms in total. The predicted molar refractivity (Wildman–Crippen MR) is 179 cm³/mol. The van der Waals surface area contributed by atoms with E-state index in [1.165, 1.54) is 39.0 Å². The summed E-state index contributed by atoms with van der Waals surface area (Å²) in [5.41, 5.74) is 0. The van der Waals surface area contributed by atoms with Crippen molar-refractivity contribution in [3.63, 3.8) is 0 Å². The highest BCUT2D eigenvalue weighted by Crippen LogP contribution is 2.36. The first-order valence-corrected chi connectivity index (χ1v) is 13.0. The number of carbonyl (C=O) groups is 1. The number of hydrogen-bond acceptors (Lipinski definition) is 9. The molecule has 0 amide bonds. The van der Waals surface area contributed by atoms with E-state index in [9.17, 15) is 14.4 Å². The smallest absolute Gasteiger partial charge is 0.330 e. The number of carbonyl (C=O) groups excluding carboxylic acids is 3. The average molecular weight is 674 g/mol. The molecule has 0 saturated heterocycles. The van der Waals surface area contributed by atoms with Crippen molar-refractivity contribution in [3.05, 3.63) is 12.7 Å². The molecule has 0 aliphatic heterocycles. The summed E-state index contributed by atoms with van der Waals surface area (Å²) in [6.45, 7) is 4.45. The van der Waals surface area contributed by atoms with Crippen LogP contribution in [0.25, 0.3) is 0 Å². The Morgan fingerprint density at radius 3 is 1.61 bits per heavy atom. The molecule has 0 radical (unpaired) electrons. The van der Waals surface area contributed by atoms with Gasteiger partial charge >= 0.3 is 5.97 Å². The van der Waals surface area contributed by atoms with E-state index in [1.807, 2.05) is 22.6 Å². The lowest BCUT2D eigenvalue weighted by Gasteiger charge is -2.31. The maximum atomic E-state index is 10.2. The molecule has 0 bridgehead atoms. The van der Waals surface area contributed by atoms with Crippen molar-refractivity contribution in [3.8, 4) is 0 Å². The normalized spacial score (nSPS) is 21.7. The molecule has 1 unspecified atom stereocenters. The number of aliphatic hydroxyl groups excluding tert-OH is 3. The van der Waals surface area contributed by atoms with Gasteiger partial charge in [-0.25, -0.2) is 24.4 Å². The lowest BCUT2D eigenvalue weighted by atomic mass is 9.76. The van der Waals surface area contributed by atoms with E-state index in [0.29, 0.717) is 4.91 Å². The third-order valence-corrected chi connectivity index (χ3v) is 5.54. The molecule has 0 heterocycles. The maximum Gasteiger partial charge on any atom is 0.330 e. The van der Waals surface area contributed by atoms with Gasteiger partial charge in [-0.2, -0.15) is 0 Å². The van der Waals surface area contributed by atoms with Gasteiger partial charge in [-0.05, 0) is 81.5 Å². The van der Waals surface area contributed by atoms with Crippen molar-refractivity contribution in [2.75, 3.05) is 24.7 Å². The van der Waals surface area contributed by atoms with Gasteiger partial charge < -0.3 is 20.1 Å².